The van der Waals surface area contributed by atoms with Gasteiger partial charge in [0.2, 0.25) is 0 Å². The molecule has 0 amide bonds. The zero-order valence-electron chi connectivity index (χ0n) is 9.62. The first-order valence-electron chi connectivity index (χ1n) is 5.40. The third-order valence-corrected chi connectivity index (χ3v) is 2.72. The number of halogens is 3. The van der Waals surface area contributed by atoms with E-state index in [1.165, 1.54) is 12.1 Å². The number of pyridine rings is 1. The molecule has 1 aromatic heterocycles. The fraction of sp³-hybridized carbons (Fsp3) is 0.154. The van der Waals surface area contributed by atoms with Crippen molar-refractivity contribution in [3.8, 4) is 0 Å². The minimum absolute atomic E-state index is 0.337. The molecule has 94 valence electrons. The van der Waals surface area contributed by atoms with Crippen LogP contribution >= 0.6 is 11.6 Å². The highest BCUT2D eigenvalue weighted by Gasteiger charge is 2.12. The molecule has 1 N–H and O–H groups in total. The Hall–Kier alpha value is -1.68. The monoisotopic (exact) mass is 268 g/mol. The van der Waals surface area contributed by atoms with Crippen molar-refractivity contribution in [3.05, 3.63) is 58.7 Å². The number of hydrogen-bond donors (Lipinski definition) is 1. The molecule has 0 fully saturated rings. The van der Waals surface area contributed by atoms with Crippen LogP contribution in [-0.4, -0.2) is 4.98 Å². The van der Waals surface area contributed by atoms with Crippen LogP contribution in [0.2, 0.25) is 5.15 Å². The third-order valence-electron chi connectivity index (χ3n) is 2.51. The summed E-state index contributed by atoms with van der Waals surface area (Å²) in [6.07, 6.45) is 0. The van der Waals surface area contributed by atoms with Gasteiger partial charge in [0, 0.05) is 11.6 Å². The molecule has 18 heavy (non-hydrogen) atoms. The predicted molar refractivity (Wildman–Crippen MR) is 67.6 cm³/mol. The molecular formula is C13H11ClF2N2. The molecule has 0 aliphatic carbocycles. The molecule has 2 nitrogen and oxygen atoms in total. The summed E-state index contributed by atoms with van der Waals surface area (Å²) in [7, 11) is 0. The standard InChI is InChI=1S/C13H11ClF2N2/c1-8(10-6-5-9(15)7-11(10)16)17-13-4-2-3-12(14)18-13/h2-8H,1H3,(H,17,18). The summed E-state index contributed by atoms with van der Waals surface area (Å²) in [6, 6.07) is 8.27. The Labute approximate surface area is 109 Å². The number of benzene rings is 1. The van der Waals surface area contributed by atoms with Crippen molar-refractivity contribution in [2.45, 2.75) is 13.0 Å². The highest BCUT2D eigenvalue weighted by Crippen LogP contribution is 2.22. The van der Waals surface area contributed by atoms with Gasteiger partial charge >= 0.3 is 0 Å². The van der Waals surface area contributed by atoms with E-state index in [0.717, 1.165) is 6.07 Å². The Morgan fingerprint density at radius 1 is 1.22 bits per heavy atom. The Kier molecular flexibility index (Phi) is 3.77. The van der Waals surface area contributed by atoms with E-state index in [-0.39, 0.29) is 6.04 Å². The molecule has 0 aliphatic heterocycles. The molecule has 0 saturated carbocycles. The number of anilines is 1. The Balaban J connectivity index is 2.19. The van der Waals surface area contributed by atoms with Crippen LogP contribution < -0.4 is 5.32 Å². The highest BCUT2D eigenvalue weighted by molar-refractivity contribution is 6.29. The summed E-state index contributed by atoms with van der Waals surface area (Å²) in [5.41, 5.74) is 0.373. The van der Waals surface area contributed by atoms with Gasteiger partial charge in [0.15, 0.2) is 0 Å². The van der Waals surface area contributed by atoms with Crippen molar-refractivity contribution in [2.24, 2.45) is 0 Å². The van der Waals surface area contributed by atoms with E-state index < -0.39 is 11.6 Å². The highest BCUT2D eigenvalue weighted by atomic mass is 35.5. The van der Waals surface area contributed by atoms with Crippen LogP contribution in [0.1, 0.15) is 18.5 Å². The van der Waals surface area contributed by atoms with Crippen molar-refractivity contribution >= 4 is 17.4 Å². The van der Waals surface area contributed by atoms with Gasteiger partial charge < -0.3 is 5.32 Å². The third kappa shape index (κ3) is 2.96. The lowest BCUT2D eigenvalue weighted by Crippen LogP contribution is -2.09. The summed E-state index contributed by atoms with van der Waals surface area (Å²) in [5.74, 6) is -0.639. The summed E-state index contributed by atoms with van der Waals surface area (Å²) < 4.78 is 26.4. The summed E-state index contributed by atoms with van der Waals surface area (Å²) in [6.45, 7) is 1.76. The van der Waals surface area contributed by atoms with Crippen molar-refractivity contribution in [1.29, 1.82) is 0 Å². The molecule has 1 atom stereocenters. The maximum absolute atomic E-state index is 13.6. The zero-order valence-corrected chi connectivity index (χ0v) is 10.4. The van der Waals surface area contributed by atoms with Gasteiger partial charge in [0.25, 0.3) is 0 Å². The summed E-state index contributed by atoms with van der Waals surface area (Å²) >= 11 is 5.75. The van der Waals surface area contributed by atoms with Gasteiger partial charge in [-0.3, -0.25) is 0 Å². The van der Waals surface area contributed by atoms with E-state index in [1.54, 1.807) is 25.1 Å². The maximum atomic E-state index is 13.6. The molecular weight excluding hydrogens is 258 g/mol. The smallest absolute Gasteiger partial charge is 0.131 e. The van der Waals surface area contributed by atoms with E-state index in [2.05, 4.69) is 10.3 Å². The van der Waals surface area contributed by atoms with Gasteiger partial charge in [-0.1, -0.05) is 23.7 Å². The van der Waals surface area contributed by atoms with E-state index in [1.807, 2.05) is 0 Å². The normalized spacial score (nSPS) is 12.2. The second-order valence-corrected chi connectivity index (χ2v) is 4.26. The molecule has 1 unspecified atom stereocenters. The van der Waals surface area contributed by atoms with E-state index in [9.17, 15) is 8.78 Å². The Bertz CT molecular complexity index is 560. The first kappa shape index (κ1) is 12.8. The van der Waals surface area contributed by atoms with E-state index >= 15 is 0 Å². The van der Waals surface area contributed by atoms with Gasteiger partial charge in [-0.2, -0.15) is 0 Å². The SMILES string of the molecule is CC(Nc1cccc(Cl)n1)c1ccc(F)cc1F. The first-order valence-corrected chi connectivity index (χ1v) is 5.78. The van der Waals surface area contributed by atoms with Crippen LogP contribution in [0.25, 0.3) is 0 Å². The van der Waals surface area contributed by atoms with Crippen LogP contribution in [0.5, 0.6) is 0 Å². The minimum atomic E-state index is -0.593. The van der Waals surface area contributed by atoms with Crippen LogP contribution in [-0.2, 0) is 0 Å². The van der Waals surface area contributed by atoms with Crippen molar-refractivity contribution in [2.75, 3.05) is 5.32 Å². The van der Waals surface area contributed by atoms with Gasteiger partial charge in [-0.05, 0) is 25.1 Å². The molecule has 0 radical (unpaired) electrons. The molecule has 1 heterocycles. The first-order chi connectivity index (χ1) is 8.56. The van der Waals surface area contributed by atoms with Crippen LogP contribution in [0.4, 0.5) is 14.6 Å². The molecule has 5 heteroatoms. The minimum Gasteiger partial charge on any atom is -0.363 e. The second-order valence-electron chi connectivity index (χ2n) is 3.88. The molecule has 0 aliphatic rings. The Morgan fingerprint density at radius 3 is 2.67 bits per heavy atom. The molecule has 0 bridgehead atoms. The lowest BCUT2D eigenvalue weighted by Gasteiger charge is -2.15. The fourth-order valence-electron chi connectivity index (χ4n) is 1.64. The lowest BCUT2D eigenvalue weighted by molar-refractivity contribution is 0.566. The zero-order chi connectivity index (χ0) is 13.1. The number of aromatic nitrogens is 1. The van der Waals surface area contributed by atoms with Crippen LogP contribution in [0.15, 0.2) is 36.4 Å². The number of nitrogens with one attached hydrogen (secondary N) is 1. The summed E-state index contributed by atoms with van der Waals surface area (Å²) in [4.78, 5) is 4.04. The van der Waals surface area contributed by atoms with Gasteiger partial charge in [0.05, 0.1) is 6.04 Å². The fourth-order valence-corrected chi connectivity index (χ4v) is 1.80. The van der Waals surface area contributed by atoms with Crippen molar-refractivity contribution < 1.29 is 8.78 Å². The molecule has 1 aromatic carbocycles. The van der Waals surface area contributed by atoms with E-state index in [4.69, 9.17) is 11.6 Å². The van der Waals surface area contributed by atoms with Crippen molar-refractivity contribution in [1.82, 2.24) is 4.98 Å². The quantitative estimate of drug-likeness (QED) is 0.845. The Morgan fingerprint density at radius 2 is 2.00 bits per heavy atom. The number of nitrogens with zero attached hydrogens (tertiary/aromatic N) is 1. The van der Waals surface area contributed by atoms with Gasteiger partial charge in [-0.15, -0.1) is 0 Å². The van der Waals surface area contributed by atoms with Crippen LogP contribution in [0, 0.1) is 11.6 Å². The van der Waals surface area contributed by atoms with Gasteiger partial charge in [0.1, 0.15) is 22.6 Å². The van der Waals surface area contributed by atoms with Crippen molar-refractivity contribution in [3.63, 3.8) is 0 Å². The number of hydrogen-bond acceptors (Lipinski definition) is 2. The average molecular weight is 269 g/mol. The second kappa shape index (κ2) is 5.31. The molecule has 0 saturated heterocycles. The molecule has 2 aromatic rings. The predicted octanol–water partition coefficient (Wildman–Crippen LogP) is 4.19. The maximum Gasteiger partial charge on any atom is 0.131 e. The van der Waals surface area contributed by atoms with E-state index in [0.29, 0.717) is 16.5 Å². The largest absolute Gasteiger partial charge is 0.363 e. The molecule has 2 rings (SSSR count). The number of rotatable bonds is 3. The molecule has 0 spiro atoms. The van der Waals surface area contributed by atoms with Crippen LogP contribution in [0.3, 0.4) is 0 Å². The van der Waals surface area contributed by atoms with Gasteiger partial charge in [-0.25, -0.2) is 13.8 Å². The lowest BCUT2D eigenvalue weighted by atomic mass is 10.1. The average Bonchev–Trinajstić information content (AvgIpc) is 2.28. The summed E-state index contributed by atoms with van der Waals surface area (Å²) in [5, 5.41) is 3.35. The topological polar surface area (TPSA) is 24.9 Å².